The fourth-order valence-corrected chi connectivity index (χ4v) is 3.65. The van der Waals surface area contributed by atoms with Gasteiger partial charge in [0.1, 0.15) is 5.82 Å². The summed E-state index contributed by atoms with van der Waals surface area (Å²) in [4.78, 5) is 10.7. The quantitative estimate of drug-likeness (QED) is 0.837. The molecule has 0 aliphatic carbocycles. The van der Waals surface area contributed by atoms with E-state index in [1.807, 2.05) is 29.2 Å². The SMILES string of the molecule is C[C@@H]1CN(c2nc(N)c3ccccc3n2)CCS1(=O)=O. The molecule has 1 fully saturated rings. The zero-order chi connectivity index (χ0) is 14.3. The fraction of sp³-hybridized carbons (Fsp3) is 0.385. The van der Waals surface area contributed by atoms with E-state index in [1.165, 1.54) is 0 Å². The Labute approximate surface area is 117 Å². The molecule has 2 aromatic rings. The highest BCUT2D eigenvalue weighted by atomic mass is 32.2. The van der Waals surface area contributed by atoms with Crippen molar-refractivity contribution in [3.8, 4) is 0 Å². The van der Waals surface area contributed by atoms with Crippen molar-refractivity contribution >= 4 is 32.5 Å². The zero-order valence-corrected chi connectivity index (χ0v) is 12.0. The number of rotatable bonds is 1. The summed E-state index contributed by atoms with van der Waals surface area (Å²) in [5, 5.41) is 0.404. The van der Waals surface area contributed by atoms with Gasteiger partial charge in [0.05, 0.1) is 16.5 Å². The Morgan fingerprint density at radius 3 is 2.80 bits per heavy atom. The van der Waals surface area contributed by atoms with Crippen LogP contribution in [0.2, 0.25) is 0 Å². The minimum Gasteiger partial charge on any atom is -0.383 e. The highest BCUT2D eigenvalue weighted by Crippen LogP contribution is 2.23. The first-order valence-electron chi connectivity index (χ1n) is 6.46. The molecule has 0 amide bonds. The molecule has 0 spiro atoms. The third-order valence-corrected chi connectivity index (χ3v) is 5.77. The molecule has 1 aromatic heterocycles. The van der Waals surface area contributed by atoms with E-state index < -0.39 is 15.1 Å². The molecule has 1 aliphatic rings. The van der Waals surface area contributed by atoms with Crippen LogP contribution >= 0.6 is 0 Å². The Morgan fingerprint density at radius 2 is 2.05 bits per heavy atom. The van der Waals surface area contributed by atoms with Gasteiger partial charge >= 0.3 is 0 Å². The van der Waals surface area contributed by atoms with E-state index in [2.05, 4.69) is 9.97 Å². The van der Waals surface area contributed by atoms with Crippen LogP contribution in [-0.4, -0.2) is 42.5 Å². The summed E-state index contributed by atoms with van der Waals surface area (Å²) >= 11 is 0. The number of nitrogens with zero attached hydrogens (tertiary/aromatic N) is 3. The summed E-state index contributed by atoms with van der Waals surface area (Å²) in [6, 6.07) is 7.53. The van der Waals surface area contributed by atoms with Gasteiger partial charge in [0.15, 0.2) is 9.84 Å². The molecule has 106 valence electrons. The second kappa shape index (κ2) is 4.59. The summed E-state index contributed by atoms with van der Waals surface area (Å²) in [7, 11) is -2.98. The van der Waals surface area contributed by atoms with Crippen LogP contribution in [0.5, 0.6) is 0 Å². The van der Waals surface area contributed by atoms with E-state index in [0.29, 0.717) is 24.9 Å². The van der Waals surface area contributed by atoms with Crippen molar-refractivity contribution in [3.63, 3.8) is 0 Å². The van der Waals surface area contributed by atoms with Crippen LogP contribution in [0.4, 0.5) is 11.8 Å². The van der Waals surface area contributed by atoms with Gasteiger partial charge in [-0.1, -0.05) is 12.1 Å². The minimum atomic E-state index is -2.98. The van der Waals surface area contributed by atoms with Gasteiger partial charge < -0.3 is 10.6 Å². The average Bonchev–Trinajstić information content (AvgIpc) is 2.42. The smallest absolute Gasteiger partial charge is 0.227 e. The van der Waals surface area contributed by atoms with Crippen molar-refractivity contribution in [1.82, 2.24) is 9.97 Å². The molecule has 1 saturated heterocycles. The third kappa shape index (κ3) is 2.18. The lowest BCUT2D eigenvalue weighted by molar-refractivity contribution is 0.567. The van der Waals surface area contributed by atoms with Crippen LogP contribution in [-0.2, 0) is 9.84 Å². The first kappa shape index (κ1) is 13.1. The summed E-state index contributed by atoms with van der Waals surface area (Å²) in [6.45, 7) is 2.52. The molecule has 20 heavy (non-hydrogen) atoms. The van der Waals surface area contributed by atoms with Crippen LogP contribution in [0.1, 0.15) is 6.92 Å². The number of hydrogen-bond donors (Lipinski definition) is 1. The predicted octanol–water partition coefficient (Wildman–Crippen LogP) is 0.835. The van der Waals surface area contributed by atoms with E-state index in [-0.39, 0.29) is 5.75 Å². The summed E-state index contributed by atoms with van der Waals surface area (Å²) in [6.07, 6.45) is 0. The van der Waals surface area contributed by atoms with Crippen LogP contribution in [0.3, 0.4) is 0 Å². The topological polar surface area (TPSA) is 89.2 Å². The Bertz CT molecular complexity index is 760. The average molecular weight is 292 g/mol. The number of sulfone groups is 1. The highest BCUT2D eigenvalue weighted by molar-refractivity contribution is 7.92. The Balaban J connectivity index is 1.99. The van der Waals surface area contributed by atoms with Gasteiger partial charge in [0.2, 0.25) is 5.95 Å². The van der Waals surface area contributed by atoms with Crippen molar-refractivity contribution in [2.45, 2.75) is 12.2 Å². The van der Waals surface area contributed by atoms with Gasteiger partial charge in [-0.15, -0.1) is 0 Å². The van der Waals surface area contributed by atoms with Gasteiger partial charge in [-0.25, -0.2) is 13.4 Å². The maximum Gasteiger partial charge on any atom is 0.227 e. The number of benzene rings is 1. The molecule has 2 heterocycles. The van der Waals surface area contributed by atoms with E-state index in [0.717, 1.165) is 10.9 Å². The zero-order valence-electron chi connectivity index (χ0n) is 11.2. The van der Waals surface area contributed by atoms with Crippen LogP contribution < -0.4 is 10.6 Å². The Kier molecular flexibility index (Phi) is 3.01. The molecule has 6 nitrogen and oxygen atoms in total. The molecule has 7 heteroatoms. The Morgan fingerprint density at radius 1 is 1.30 bits per heavy atom. The van der Waals surface area contributed by atoms with Crippen molar-refractivity contribution in [2.75, 3.05) is 29.5 Å². The van der Waals surface area contributed by atoms with Crippen LogP contribution in [0.15, 0.2) is 24.3 Å². The predicted molar refractivity (Wildman–Crippen MR) is 79.4 cm³/mol. The molecule has 1 aliphatic heterocycles. The summed E-state index contributed by atoms with van der Waals surface area (Å²) in [5.41, 5.74) is 6.73. The van der Waals surface area contributed by atoms with E-state index in [9.17, 15) is 8.42 Å². The number of nitrogens with two attached hydrogens (primary N) is 1. The minimum absolute atomic E-state index is 0.129. The second-order valence-corrected chi connectivity index (χ2v) is 7.59. The van der Waals surface area contributed by atoms with Gasteiger partial charge in [-0.05, 0) is 19.1 Å². The van der Waals surface area contributed by atoms with Gasteiger partial charge in [-0.2, -0.15) is 4.98 Å². The normalized spacial score (nSPS) is 22.1. The maximum atomic E-state index is 11.7. The van der Waals surface area contributed by atoms with Gasteiger partial charge in [-0.3, -0.25) is 0 Å². The maximum absolute atomic E-state index is 11.7. The lowest BCUT2D eigenvalue weighted by atomic mass is 10.2. The van der Waals surface area contributed by atoms with Crippen LogP contribution in [0, 0.1) is 0 Å². The second-order valence-electron chi connectivity index (χ2n) is 5.05. The monoisotopic (exact) mass is 292 g/mol. The molecule has 1 atom stereocenters. The first-order chi connectivity index (χ1) is 9.47. The van der Waals surface area contributed by atoms with Crippen LogP contribution in [0.25, 0.3) is 10.9 Å². The van der Waals surface area contributed by atoms with E-state index >= 15 is 0 Å². The first-order valence-corrected chi connectivity index (χ1v) is 8.18. The van der Waals surface area contributed by atoms with Gasteiger partial charge in [0.25, 0.3) is 0 Å². The summed E-state index contributed by atoms with van der Waals surface area (Å²) in [5.74, 6) is 1.05. The largest absolute Gasteiger partial charge is 0.383 e. The molecule has 0 unspecified atom stereocenters. The lowest BCUT2D eigenvalue weighted by Crippen LogP contribution is -2.46. The third-order valence-electron chi connectivity index (χ3n) is 3.64. The number of fused-ring (bicyclic) bond motifs is 1. The molecule has 3 rings (SSSR count). The molecule has 0 saturated carbocycles. The van der Waals surface area contributed by atoms with Crippen molar-refractivity contribution in [1.29, 1.82) is 0 Å². The number of para-hydroxylation sites is 1. The van der Waals surface area contributed by atoms with Gasteiger partial charge in [0, 0.05) is 18.5 Å². The molecular formula is C13H16N4O2S. The fourth-order valence-electron chi connectivity index (χ4n) is 2.37. The molecule has 0 radical (unpaired) electrons. The lowest BCUT2D eigenvalue weighted by Gasteiger charge is -2.31. The standard InChI is InChI=1S/C13H16N4O2S/c1-9-8-17(6-7-20(9,18)19)13-15-11-5-3-2-4-10(11)12(14)16-13/h2-5,9H,6-8H2,1H3,(H2,14,15,16)/t9-/m1/s1. The summed E-state index contributed by atoms with van der Waals surface area (Å²) < 4.78 is 23.5. The van der Waals surface area contributed by atoms with E-state index in [1.54, 1.807) is 6.92 Å². The van der Waals surface area contributed by atoms with E-state index in [4.69, 9.17) is 5.73 Å². The highest BCUT2D eigenvalue weighted by Gasteiger charge is 2.30. The number of anilines is 2. The molecular weight excluding hydrogens is 276 g/mol. The molecule has 0 bridgehead atoms. The van der Waals surface area contributed by atoms with Crippen molar-refractivity contribution in [3.05, 3.63) is 24.3 Å². The van der Waals surface area contributed by atoms with Crippen molar-refractivity contribution < 1.29 is 8.42 Å². The molecule has 2 N–H and O–H groups in total. The number of nitrogen functional groups attached to an aromatic ring is 1. The number of aromatic nitrogens is 2. The molecule has 1 aromatic carbocycles. The van der Waals surface area contributed by atoms with Crippen molar-refractivity contribution in [2.24, 2.45) is 0 Å². The Hall–Kier alpha value is -1.89. The number of hydrogen-bond acceptors (Lipinski definition) is 6.